The van der Waals surface area contributed by atoms with Crippen LogP contribution in [0.5, 0.6) is 0 Å². The zero-order valence-corrected chi connectivity index (χ0v) is 6.16. The van der Waals surface area contributed by atoms with Gasteiger partial charge in [-0.05, 0) is 0 Å². The van der Waals surface area contributed by atoms with E-state index in [0.29, 0.717) is 6.42 Å². The molecule has 3 nitrogen and oxygen atoms in total. The van der Waals surface area contributed by atoms with Crippen molar-refractivity contribution in [1.82, 2.24) is 0 Å². The summed E-state index contributed by atoms with van der Waals surface area (Å²) in [6.07, 6.45) is 1.13. The molecule has 0 fully saturated rings. The van der Waals surface area contributed by atoms with E-state index in [1.165, 1.54) is 7.11 Å². The Hall–Kier alpha value is -0.380. The molecule has 10 heavy (non-hydrogen) atoms. The lowest BCUT2D eigenvalue weighted by Gasteiger charge is -2.12. The molecular weight excluding hydrogens is 132 g/mol. The van der Waals surface area contributed by atoms with Crippen LogP contribution in [0, 0.1) is 0 Å². The molecule has 0 spiro atoms. The zero-order valence-electron chi connectivity index (χ0n) is 6.16. The van der Waals surface area contributed by atoms with Gasteiger partial charge in [0.15, 0.2) is 0 Å². The van der Waals surface area contributed by atoms with Gasteiger partial charge in [-0.2, -0.15) is 0 Å². The van der Waals surface area contributed by atoms with Gasteiger partial charge in [0.1, 0.15) is 0 Å². The topological polar surface area (TPSA) is 49.7 Å². The highest BCUT2D eigenvalue weighted by molar-refractivity contribution is 4.81. The lowest BCUT2D eigenvalue weighted by molar-refractivity contribution is 0.0390. The molecule has 0 aliphatic heterocycles. The molecule has 60 valence electrons. The van der Waals surface area contributed by atoms with E-state index < -0.39 is 6.10 Å². The van der Waals surface area contributed by atoms with Gasteiger partial charge in [-0.3, -0.25) is 0 Å². The molecule has 2 N–H and O–H groups in total. The number of aliphatic hydroxyl groups excluding tert-OH is 2. The molecular formula is C7H14O3. The summed E-state index contributed by atoms with van der Waals surface area (Å²) in [4.78, 5) is 0. The Morgan fingerprint density at radius 1 is 1.70 bits per heavy atom. The molecule has 0 aromatic carbocycles. The third kappa shape index (κ3) is 3.61. The van der Waals surface area contributed by atoms with Gasteiger partial charge in [0.25, 0.3) is 0 Å². The van der Waals surface area contributed by atoms with E-state index >= 15 is 0 Å². The highest BCUT2D eigenvalue weighted by atomic mass is 16.5. The first-order valence-corrected chi connectivity index (χ1v) is 3.18. The van der Waals surface area contributed by atoms with Crippen LogP contribution in [0.1, 0.15) is 6.42 Å². The molecule has 0 bridgehead atoms. The molecule has 0 saturated carbocycles. The molecule has 0 saturated heterocycles. The van der Waals surface area contributed by atoms with Crippen molar-refractivity contribution < 1.29 is 14.9 Å². The fourth-order valence-electron chi connectivity index (χ4n) is 0.631. The minimum absolute atomic E-state index is 0.165. The second-order valence-electron chi connectivity index (χ2n) is 2.08. The van der Waals surface area contributed by atoms with Crippen molar-refractivity contribution in [2.75, 3.05) is 13.7 Å². The van der Waals surface area contributed by atoms with Crippen LogP contribution in [0.3, 0.4) is 0 Å². The smallest absolute Gasteiger partial charge is 0.0798 e. The number of ether oxygens (including phenoxy) is 1. The fourth-order valence-corrected chi connectivity index (χ4v) is 0.631. The third-order valence-corrected chi connectivity index (χ3v) is 1.28. The van der Waals surface area contributed by atoms with Crippen LogP contribution in [-0.2, 0) is 4.74 Å². The first-order valence-electron chi connectivity index (χ1n) is 3.18. The lowest BCUT2D eigenvalue weighted by atomic mass is 10.1. The number of aliphatic hydroxyl groups is 2. The van der Waals surface area contributed by atoms with Crippen LogP contribution in [0.15, 0.2) is 12.7 Å². The number of hydrogen-bond acceptors (Lipinski definition) is 3. The minimum atomic E-state index is -0.706. The second kappa shape index (κ2) is 5.41. The van der Waals surface area contributed by atoms with Crippen LogP contribution >= 0.6 is 0 Å². The molecule has 0 aliphatic rings. The van der Waals surface area contributed by atoms with Crippen LogP contribution < -0.4 is 0 Å². The molecule has 0 rings (SSSR count). The summed E-state index contributed by atoms with van der Waals surface area (Å²) in [5, 5.41) is 17.3. The van der Waals surface area contributed by atoms with E-state index in [2.05, 4.69) is 6.58 Å². The highest BCUT2D eigenvalue weighted by Crippen LogP contribution is 2.01. The van der Waals surface area contributed by atoms with Crippen molar-refractivity contribution in [3.8, 4) is 0 Å². The van der Waals surface area contributed by atoms with Gasteiger partial charge in [0, 0.05) is 13.5 Å². The Balaban J connectivity index is 3.51. The van der Waals surface area contributed by atoms with Gasteiger partial charge >= 0.3 is 0 Å². The molecule has 0 aromatic heterocycles. The van der Waals surface area contributed by atoms with E-state index in [-0.39, 0.29) is 12.7 Å². The van der Waals surface area contributed by atoms with Crippen molar-refractivity contribution in [1.29, 1.82) is 0 Å². The van der Waals surface area contributed by atoms with E-state index in [1.54, 1.807) is 6.08 Å². The molecule has 0 amide bonds. The maximum Gasteiger partial charge on any atom is 0.0798 e. The van der Waals surface area contributed by atoms with Crippen molar-refractivity contribution in [2.24, 2.45) is 0 Å². The van der Waals surface area contributed by atoms with Crippen LogP contribution in [0.2, 0.25) is 0 Å². The largest absolute Gasteiger partial charge is 0.394 e. The second-order valence-corrected chi connectivity index (χ2v) is 2.08. The van der Waals surface area contributed by atoms with E-state index in [0.717, 1.165) is 0 Å². The average Bonchev–Trinajstić information content (AvgIpc) is 1.99. The highest BCUT2D eigenvalue weighted by Gasteiger charge is 2.08. The lowest BCUT2D eigenvalue weighted by Crippen LogP contribution is -2.20. The molecule has 2 unspecified atom stereocenters. The summed E-state index contributed by atoms with van der Waals surface area (Å²) >= 11 is 0. The summed E-state index contributed by atoms with van der Waals surface area (Å²) in [5.41, 5.74) is 0. The van der Waals surface area contributed by atoms with Crippen molar-refractivity contribution in [3.63, 3.8) is 0 Å². The van der Waals surface area contributed by atoms with Gasteiger partial charge in [-0.15, -0.1) is 6.58 Å². The SMILES string of the molecule is C=CC(CC(O)CO)OC. The maximum absolute atomic E-state index is 8.91. The Labute approximate surface area is 60.9 Å². The monoisotopic (exact) mass is 146 g/mol. The summed E-state index contributed by atoms with van der Waals surface area (Å²) < 4.78 is 4.88. The molecule has 3 heteroatoms. The average molecular weight is 146 g/mol. The standard InChI is InChI=1S/C7H14O3/c1-3-7(10-2)4-6(9)5-8/h3,6-9H,1,4-5H2,2H3. The van der Waals surface area contributed by atoms with Gasteiger partial charge in [0.05, 0.1) is 18.8 Å². The molecule has 2 atom stereocenters. The van der Waals surface area contributed by atoms with E-state index in [9.17, 15) is 0 Å². The predicted octanol–water partition coefficient (Wildman–Crippen LogP) is -0.0693. The van der Waals surface area contributed by atoms with E-state index in [4.69, 9.17) is 14.9 Å². The van der Waals surface area contributed by atoms with Gasteiger partial charge < -0.3 is 14.9 Å². The number of hydrogen-bond donors (Lipinski definition) is 2. The van der Waals surface area contributed by atoms with Crippen LogP contribution in [0.25, 0.3) is 0 Å². The Bertz CT molecular complexity index is 92.9. The first-order chi connectivity index (χ1) is 4.74. The van der Waals surface area contributed by atoms with Crippen LogP contribution in [-0.4, -0.2) is 36.1 Å². The van der Waals surface area contributed by atoms with E-state index in [1.807, 2.05) is 0 Å². The molecule has 0 radical (unpaired) electrons. The summed E-state index contributed by atoms with van der Waals surface area (Å²) in [6.45, 7) is 3.27. The summed E-state index contributed by atoms with van der Waals surface area (Å²) in [7, 11) is 1.54. The minimum Gasteiger partial charge on any atom is -0.394 e. The van der Waals surface area contributed by atoms with Crippen LogP contribution in [0.4, 0.5) is 0 Å². The Kier molecular flexibility index (Phi) is 5.20. The fraction of sp³-hybridized carbons (Fsp3) is 0.714. The third-order valence-electron chi connectivity index (χ3n) is 1.28. The number of methoxy groups -OCH3 is 1. The Morgan fingerprint density at radius 2 is 2.30 bits per heavy atom. The van der Waals surface area contributed by atoms with Gasteiger partial charge in [-0.1, -0.05) is 6.08 Å². The summed E-state index contributed by atoms with van der Waals surface area (Å²) in [5.74, 6) is 0. The molecule has 0 heterocycles. The maximum atomic E-state index is 8.91. The first kappa shape index (κ1) is 9.62. The quantitative estimate of drug-likeness (QED) is 0.534. The van der Waals surface area contributed by atoms with Crippen molar-refractivity contribution in [2.45, 2.75) is 18.6 Å². The Morgan fingerprint density at radius 3 is 2.60 bits per heavy atom. The predicted molar refractivity (Wildman–Crippen MR) is 38.7 cm³/mol. The molecule has 0 aliphatic carbocycles. The number of rotatable bonds is 5. The molecule has 0 aromatic rings. The van der Waals surface area contributed by atoms with Gasteiger partial charge in [-0.25, -0.2) is 0 Å². The van der Waals surface area contributed by atoms with Crippen molar-refractivity contribution in [3.05, 3.63) is 12.7 Å². The zero-order chi connectivity index (χ0) is 7.98. The van der Waals surface area contributed by atoms with Crippen molar-refractivity contribution >= 4 is 0 Å². The van der Waals surface area contributed by atoms with Gasteiger partial charge in [0.2, 0.25) is 0 Å². The normalized spacial score (nSPS) is 16.3. The summed E-state index contributed by atoms with van der Waals surface area (Å²) in [6, 6.07) is 0.